The van der Waals surface area contributed by atoms with E-state index >= 15 is 0 Å². The molecule has 1 rings (SSSR count). The Bertz CT molecular complexity index is 482. The van der Waals surface area contributed by atoms with Crippen molar-refractivity contribution >= 4 is 23.4 Å². The van der Waals surface area contributed by atoms with Crippen molar-refractivity contribution in [3.8, 4) is 0 Å². The van der Waals surface area contributed by atoms with E-state index in [-0.39, 0.29) is 6.54 Å². The normalized spacial score (nSPS) is 10.2. The standard InChI is InChI=1S/C10H10F2N2O3S/c1-18-3-2-13-10(15)7-4-6(11)5-8(9(7)12)14(16)17/h4-5H,2-3H2,1H3,(H,13,15). The van der Waals surface area contributed by atoms with Crippen molar-refractivity contribution in [2.24, 2.45) is 0 Å². The fourth-order valence-corrected chi connectivity index (χ4v) is 1.54. The number of carbonyl (C=O) groups excluding carboxylic acids is 1. The number of amides is 1. The molecule has 0 aliphatic carbocycles. The summed E-state index contributed by atoms with van der Waals surface area (Å²) in [5.74, 6) is -2.63. The molecule has 18 heavy (non-hydrogen) atoms. The Balaban J connectivity index is 3.01. The molecule has 0 fully saturated rings. The molecule has 0 aliphatic heterocycles. The van der Waals surface area contributed by atoms with Gasteiger partial charge in [-0.2, -0.15) is 16.2 Å². The van der Waals surface area contributed by atoms with E-state index in [9.17, 15) is 23.7 Å². The summed E-state index contributed by atoms with van der Waals surface area (Å²) in [6.45, 7) is 0.268. The van der Waals surface area contributed by atoms with Crippen LogP contribution in [0.5, 0.6) is 0 Å². The van der Waals surface area contributed by atoms with Crippen molar-refractivity contribution in [2.45, 2.75) is 0 Å². The second-order valence-electron chi connectivity index (χ2n) is 3.29. The number of carbonyl (C=O) groups is 1. The van der Waals surface area contributed by atoms with Crippen LogP contribution in [0.4, 0.5) is 14.5 Å². The first kappa shape index (κ1) is 14.4. The lowest BCUT2D eigenvalue weighted by molar-refractivity contribution is -0.387. The number of hydrogen-bond donors (Lipinski definition) is 1. The third-order valence-corrected chi connectivity index (χ3v) is 2.66. The summed E-state index contributed by atoms with van der Waals surface area (Å²) in [4.78, 5) is 20.9. The fourth-order valence-electron chi connectivity index (χ4n) is 1.23. The number of hydrogen-bond acceptors (Lipinski definition) is 4. The Morgan fingerprint density at radius 1 is 1.50 bits per heavy atom. The van der Waals surface area contributed by atoms with Crippen molar-refractivity contribution < 1.29 is 18.5 Å². The van der Waals surface area contributed by atoms with Crippen LogP contribution in [0.25, 0.3) is 0 Å². The Morgan fingerprint density at radius 2 is 2.17 bits per heavy atom. The highest BCUT2D eigenvalue weighted by Gasteiger charge is 2.23. The van der Waals surface area contributed by atoms with Crippen LogP contribution >= 0.6 is 11.8 Å². The highest BCUT2D eigenvalue weighted by molar-refractivity contribution is 7.98. The molecule has 1 aromatic carbocycles. The minimum Gasteiger partial charge on any atom is -0.351 e. The summed E-state index contributed by atoms with van der Waals surface area (Å²) >= 11 is 1.46. The largest absolute Gasteiger partial charge is 0.351 e. The number of nitrogens with zero attached hydrogens (tertiary/aromatic N) is 1. The van der Waals surface area contributed by atoms with E-state index in [1.165, 1.54) is 11.8 Å². The summed E-state index contributed by atoms with van der Waals surface area (Å²) < 4.78 is 26.7. The average molecular weight is 276 g/mol. The van der Waals surface area contributed by atoms with Gasteiger partial charge >= 0.3 is 5.69 Å². The first-order valence-electron chi connectivity index (χ1n) is 4.88. The van der Waals surface area contributed by atoms with E-state index in [0.717, 1.165) is 0 Å². The molecule has 5 nitrogen and oxygen atoms in total. The maximum Gasteiger partial charge on any atom is 0.308 e. The monoisotopic (exact) mass is 276 g/mol. The van der Waals surface area contributed by atoms with E-state index < -0.39 is 33.7 Å². The molecule has 0 saturated carbocycles. The summed E-state index contributed by atoms with van der Waals surface area (Å²) in [6, 6.07) is 1.07. The van der Waals surface area contributed by atoms with Gasteiger partial charge in [-0.3, -0.25) is 14.9 Å². The van der Waals surface area contributed by atoms with Crippen molar-refractivity contribution in [2.75, 3.05) is 18.6 Å². The van der Waals surface area contributed by atoms with Crippen LogP contribution in [-0.2, 0) is 0 Å². The van der Waals surface area contributed by atoms with E-state index in [2.05, 4.69) is 5.32 Å². The van der Waals surface area contributed by atoms with Crippen LogP contribution < -0.4 is 5.32 Å². The molecular weight excluding hydrogens is 266 g/mol. The van der Waals surface area contributed by atoms with Crippen LogP contribution in [0.1, 0.15) is 10.4 Å². The Labute approximate surface area is 106 Å². The lowest BCUT2D eigenvalue weighted by Gasteiger charge is -2.05. The van der Waals surface area contributed by atoms with Crippen molar-refractivity contribution in [1.29, 1.82) is 0 Å². The molecular formula is C10H10F2N2O3S. The Kier molecular flexibility index (Phi) is 5.02. The number of thioether (sulfide) groups is 1. The average Bonchev–Trinajstić information content (AvgIpc) is 2.31. The van der Waals surface area contributed by atoms with Gasteiger partial charge in [0.2, 0.25) is 5.82 Å². The highest BCUT2D eigenvalue weighted by Crippen LogP contribution is 2.22. The molecule has 1 amide bonds. The van der Waals surface area contributed by atoms with Gasteiger partial charge in [0.25, 0.3) is 5.91 Å². The number of benzene rings is 1. The van der Waals surface area contributed by atoms with Crippen LogP contribution in [0, 0.1) is 21.7 Å². The van der Waals surface area contributed by atoms with Crippen LogP contribution in [0.3, 0.4) is 0 Å². The summed E-state index contributed by atoms with van der Waals surface area (Å²) in [5, 5.41) is 12.8. The van der Waals surface area contributed by atoms with Gasteiger partial charge in [0, 0.05) is 12.3 Å². The number of nitrogens with one attached hydrogen (secondary N) is 1. The number of nitro benzene ring substituents is 1. The van der Waals surface area contributed by atoms with Gasteiger partial charge in [-0.15, -0.1) is 0 Å². The minimum atomic E-state index is -1.33. The van der Waals surface area contributed by atoms with Crippen LogP contribution in [-0.4, -0.2) is 29.4 Å². The SMILES string of the molecule is CSCCNC(=O)c1cc(F)cc([N+](=O)[O-])c1F. The summed E-state index contributed by atoms with van der Waals surface area (Å²) in [7, 11) is 0. The molecule has 0 unspecified atom stereocenters. The molecule has 0 saturated heterocycles. The maximum absolute atomic E-state index is 13.6. The third kappa shape index (κ3) is 3.39. The Morgan fingerprint density at radius 3 is 2.72 bits per heavy atom. The first-order valence-corrected chi connectivity index (χ1v) is 6.27. The molecule has 1 aromatic rings. The second kappa shape index (κ2) is 6.29. The molecule has 0 atom stereocenters. The molecule has 0 aliphatic rings. The molecule has 0 bridgehead atoms. The van der Waals surface area contributed by atoms with Gasteiger partial charge in [0.05, 0.1) is 16.6 Å². The van der Waals surface area contributed by atoms with Crippen LogP contribution in [0.2, 0.25) is 0 Å². The fraction of sp³-hybridized carbons (Fsp3) is 0.300. The number of halogens is 2. The lowest BCUT2D eigenvalue weighted by atomic mass is 10.1. The molecule has 8 heteroatoms. The van der Waals surface area contributed by atoms with Gasteiger partial charge in [-0.25, -0.2) is 4.39 Å². The molecule has 0 heterocycles. The topological polar surface area (TPSA) is 72.2 Å². The lowest BCUT2D eigenvalue weighted by Crippen LogP contribution is -2.27. The van der Waals surface area contributed by atoms with E-state index in [0.29, 0.717) is 17.9 Å². The number of nitro groups is 1. The smallest absolute Gasteiger partial charge is 0.308 e. The summed E-state index contributed by atoms with van der Waals surface area (Å²) in [6.07, 6.45) is 1.82. The third-order valence-electron chi connectivity index (χ3n) is 2.05. The quantitative estimate of drug-likeness (QED) is 0.507. The zero-order chi connectivity index (χ0) is 13.7. The highest BCUT2D eigenvalue weighted by atomic mass is 32.2. The minimum absolute atomic E-state index is 0.268. The van der Waals surface area contributed by atoms with E-state index in [1.54, 1.807) is 0 Å². The predicted molar refractivity (Wildman–Crippen MR) is 63.7 cm³/mol. The molecule has 1 N–H and O–H groups in total. The number of rotatable bonds is 5. The van der Waals surface area contributed by atoms with Gasteiger partial charge in [-0.05, 0) is 12.3 Å². The first-order chi connectivity index (χ1) is 8.47. The molecule has 98 valence electrons. The van der Waals surface area contributed by atoms with Gasteiger partial charge < -0.3 is 5.32 Å². The molecule has 0 aromatic heterocycles. The second-order valence-corrected chi connectivity index (χ2v) is 4.28. The Hall–Kier alpha value is -1.70. The van der Waals surface area contributed by atoms with E-state index in [4.69, 9.17) is 0 Å². The maximum atomic E-state index is 13.6. The zero-order valence-corrected chi connectivity index (χ0v) is 10.2. The molecule has 0 spiro atoms. The zero-order valence-electron chi connectivity index (χ0n) is 9.41. The van der Waals surface area contributed by atoms with Crippen molar-refractivity contribution in [1.82, 2.24) is 5.32 Å². The van der Waals surface area contributed by atoms with Gasteiger partial charge in [0.1, 0.15) is 5.82 Å². The van der Waals surface area contributed by atoms with Crippen molar-refractivity contribution in [3.63, 3.8) is 0 Å². The van der Waals surface area contributed by atoms with E-state index in [1.807, 2.05) is 6.26 Å². The molecule has 0 radical (unpaired) electrons. The van der Waals surface area contributed by atoms with Crippen molar-refractivity contribution in [3.05, 3.63) is 39.4 Å². The summed E-state index contributed by atoms with van der Waals surface area (Å²) in [5.41, 5.74) is -1.71. The van der Waals surface area contributed by atoms with Gasteiger partial charge in [-0.1, -0.05) is 0 Å². The van der Waals surface area contributed by atoms with Crippen LogP contribution in [0.15, 0.2) is 12.1 Å². The van der Waals surface area contributed by atoms with Gasteiger partial charge in [0.15, 0.2) is 0 Å². The predicted octanol–water partition coefficient (Wildman–Crippen LogP) is 1.97.